The Morgan fingerprint density at radius 3 is 2.36 bits per heavy atom. The van der Waals surface area contributed by atoms with E-state index in [1.165, 1.54) is 24.3 Å². The third-order valence-corrected chi connectivity index (χ3v) is 7.71. The third kappa shape index (κ3) is 8.09. The molecule has 13 heteroatoms. The summed E-state index contributed by atoms with van der Waals surface area (Å²) in [6, 6.07) is 13.7. The molecule has 3 aromatic rings. The van der Waals surface area contributed by atoms with Gasteiger partial charge >= 0.3 is 5.69 Å². The molecule has 39 heavy (non-hydrogen) atoms. The Morgan fingerprint density at radius 1 is 1.10 bits per heavy atom. The molecule has 0 aliphatic rings. The number of H-pyrrole nitrogens is 1. The number of aromatic nitrogens is 2. The molecule has 1 heterocycles. The van der Waals surface area contributed by atoms with Gasteiger partial charge in [0, 0.05) is 18.8 Å². The van der Waals surface area contributed by atoms with Crippen molar-refractivity contribution in [2.24, 2.45) is 5.92 Å². The van der Waals surface area contributed by atoms with E-state index in [4.69, 9.17) is 5.73 Å². The summed E-state index contributed by atoms with van der Waals surface area (Å²) in [7, 11) is -4.02. The molecule has 0 fully saturated rings. The van der Waals surface area contributed by atoms with E-state index >= 15 is 0 Å². The fourth-order valence-corrected chi connectivity index (χ4v) is 5.58. The number of anilines is 1. The molecule has 0 radical (unpaired) electrons. The van der Waals surface area contributed by atoms with Crippen LogP contribution in [0, 0.1) is 11.7 Å². The van der Waals surface area contributed by atoms with E-state index in [0.717, 1.165) is 9.87 Å². The Kier molecular flexibility index (Phi) is 9.78. The third-order valence-electron chi connectivity index (χ3n) is 5.87. The minimum Gasteiger partial charge on any atom is -0.399 e. The Hall–Kier alpha value is -3.81. The standard InChI is InChI=1S/C26H32FN5O6S/c1-17(2)13-32(39(37,38)20-10-8-19(28)9-11-20)15-23(33)22(12-18-6-4-3-5-7-18)29-24(34)16-31-14-21(27)25(35)30-26(31)36/h3-11,14,17,22-23,33H,12-13,15-16,28H2,1-2H3,(H,29,34)(H,30,35,36)/t22-,23+/m0/s1. The number of nitrogen functional groups attached to an aromatic ring is 1. The molecule has 1 amide bonds. The van der Waals surface area contributed by atoms with E-state index in [0.29, 0.717) is 16.5 Å². The van der Waals surface area contributed by atoms with Crippen LogP contribution in [0.3, 0.4) is 0 Å². The molecule has 210 valence electrons. The van der Waals surface area contributed by atoms with Gasteiger partial charge in [0.15, 0.2) is 0 Å². The summed E-state index contributed by atoms with van der Waals surface area (Å²) in [5, 5.41) is 13.9. The van der Waals surface area contributed by atoms with Gasteiger partial charge in [0.2, 0.25) is 21.7 Å². The zero-order valence-corrected chi connectivity index (χ0v) is 22.4. The summed E-state index contributed by atoms with van der Waals surface area (Å²) in [6.45, 7) is 2.80. The number of carbonyl (C=O) groups is 1. The molecule has 0 saturated carbocycles. The zero-order chi connectivity index (χ0) is 28.7. The van der Waals surface area contributed by atoms with Crippen molar-refractivity contribution in [3.63, 3.8) is 0 Å². The van der Waals surface area contributed by atoms with Crippen molar-refractivity contribution in [3.8, 4) is 0 Å². The number of halogens is 1. The molecule has 1 aromatic heterocycles. The van der Waals surface area contributed by atoms with E-state index in [1.54, 1.807) is 35.3 Å². The van der Waals surface area contributed by atoms with Crippen molar-refractivity contribution >= 4 is 21.6 Å². The van der Waals surface area contributed by atoms with Crippen LogP contribution in [0.4, 0.5) is 10.1 Å². The molecule has 0 aliphatic carbocycles. The van der Waals surface area contributed by atoms with Gasteiger partial charge in [-0.15, -0.1) is 0 Å². The second-order valence-electron chi connectivity index (χ2n) is 9.58. The summed E-state index contributed by atoms with van der Waals surface area (Å²) in [6.07, 6.45) is -0.604. The number of hydrogen-bond acceptors (Lipinski definition) is 7. The van der Waals surface area contributed by atoms with Gasteiger partial charge in [0.25, 0.3) is 5.56 Å². The van der Waals surface area contributed by atoms with Crippen LogP contribution < -0.4 is 22.3 Å². The number of nitrogens with two attached hydrogens (primary N) is 1. The van der Waals surface area contributed by atoms with Crippen LogP contribution in [0.25, 0.3) is 0 Å². The van der Waals surface area contributed by atoms with Gasteiger partial charge < -0.3 is 16.2 Å². The second-order valence-corrected chi connectivity index (χ2v) is 11.5. The maximum Gasteiger partial charge on any atom is 0.328 e. The molecule has 11 nitrogen and oxygen atoms in total. The Morgan fingerprint density at radius 2 is 1.74 bits per heavy atom. The number of carbonyl (C=O) groups excluding carboxylic acids is 1. The summed E-state index contributed by atoms with van der Waals surface area (Å²) < 4.78 is 42.4. The highest BCUT2D eigenvalue weighted by atomic mass is 32.2. The van der Waals surface area contributed by atoms with Crippen LogP contribution >= 0.6 is 0 Å². The molecule has 5 N–H and O–H groups in total. The van der Waals surface area contributed by atoms with Crippen LogP contribution in [0.2, 0.25) is 0 Å². The SMILES string of the molecule is CC(C)CN(C[C@@H](O)[C@H](Cc1ccccc1)NC(=O)Cn1cc(F)c(=O)[nH]c1=O)S(=O)(=O)c1ccc(N)cc1. The van der Waals surface area contributed by atoms with Gasteiger partial charge in [-0.3, -0.25) is 19.1 Å². The predicted octanol–water partition coefficient (Wildman–Crippen LogP) is 0.693. The number of benzene rings is 2. The Balaban J connectivity index is 1.87. The maximum atomic E-state index is 13.7. The van der Waals surface area contributed by atoms with E-state index in [2.05, 4.69) is 5.32 Å². The molecule has 2 atom stereocenters. The van der Waals surface area contributed by atoms with Gasteiger partial charge in [0.05, 0.1) is 23.2 Å². The molecular formula is C26H32FN5O6S. The topological polar surface area (TPSA) is 168 Å². The van der Waals surface area contributed by atoms with Gasteiger partial charge in [-0.1, -0.05) is 44.2 Å². The van der Waals surface area contributed by atoms with E-state index < -0.39 is 51.7 Å². The predicted molar refractivity (Wildman–Crippen MR) is 144 cm³/mol. The Labute approximate surface area is 225 Å². The average molecular weight is 562 g/mol. The van der Waals surface area contributed by atoms with Crippen molar-refractivity contribution in [1.82, 2.24) is 19.2 Å². The first kappa shape index (κ1) is 29.7. The van der Waals surface area contributed by atoms with Crippen LogP contribution in [0.15, 0.2) is 75.3 Å². The fraction of sp³-hybridized carbons (Fsp3) is 0.346. The molecule has 2 aromatic carbocycles. The number of amides is 1. The highest BCUT2D eigenvalue weighted by Crippen LogP contribution is 2.20. The first-order valence-electron chi connectivity index (χ1n) is 12.2. The van der Waals surface area contributed by atoms with Gasteiger partial charge in [-0.2, -0.15) is 8.70 Å². The van der Waals surface area contributed by atoms with Crippen molar-refractivity contribution in [2.75, 3.05) is 18.8 Å². The van der Waals surface area contributed by atoms with Crippen molar-refractivity contribution in [3.05, 3.63) is 93.0 Å². The molecular weight excluding hydrogens is 529 g/mol. The maximum absolute atomic E-state index is 13.7. The smallest absolute Gasteiger partial charge is 0.328 e. The Bertz CT molecular complexity index is 1490. The highest BCUT2D eigenvalue weighted by molar-refractivity contribution is 7.89. The first-order valence-corrected chi connectivity index (χ1v) is 13.7. The highest BCUT2D eigenvalue weighted by Gasteiger charge is 2.31. The number of aliphatic hydroxyl groups is 1. The molecule has 0 bridgehead atoms. The number of aromatic amines is 1. The zero-order valence-electron chi connectivity index (χ0n) is 21.6. The van der Waals surface area contributed by atoms with Crippen molar-refractivity contribution < 1.29 is 22.7 Å². The summed E-state index contributed by atoms with van der Waals surface area (Å²) >= 11 is 0. The van der Waals surface area contributed by atoms with E-state index in [-0.39, 0.29) is 30.3 Å². The van der Waals surface area contributed by atoms with E-state index in [9.17, 15) is 32.3 Å². The number of sulfonamides is 1. The lowest BCUT2D eigenvalue weighted by Gasteiger charge is -2.31. The number of nitrogens with zero attached hydrogens (tertiary/aromatic N) is 2. The minimum absolute atomic E-state index is 0.00710. The van der Waals surface area contributed by atoms with Crippen LogP contribution in [0.1, 0.15) is 19.4 Å². The average Bonchev–Trinajstić information content (AvgIpc) is 2.87. The molecule has 0 aliphatic heterocycles. The summed E-state index contributed by atoms with van der Waals surface area (Å²) in [5.74, 6) is -2.06. The normalized spacial score (nSPS) is 13.4. The lowest BCUT2D eigenvalue weighted by Crippen LogP contribution is -2.52. The molecule has 0 spiro atoms. The largest absolute Gasteiger partial charge is 0.399 e. The number of hydrogen-bond donors (Lipinski definition) is 4. The van der Waals surface area contributed by atoms with Gasteiger partial charge in [-0.05, 0) is 42.2 Å². The summed E-state index contributed by atoms with van der Waals surface area (Å²) in [5.41, 5.74) is 4.67. The van der Waals surface area contributed by atoms with Crippen molar-refractivity contribution in [2.45, 2.75) is 43.9 Å². The quantitative estimate of drug-likeness (QED) is 0.236. The molecule has 0 saturated heterocycles. The first-order chi connectivity index (χ1) is 18.4. The number of nitrogens with one attached hydrogen (secondary N) is 2. The summed E-state index contributed by atoms with van der Waals surface area (Å²) in [4.78, 5) is 37.9. The number of aliphatic hydroxyl groups excluding tert-OH is 1. The van der Waals surface area contributed by atoms with E-state index in [1.807, 2.05) is 13.8 Å². The monoisotopic (exact) mass is 561 g/mol. The van der Waals surface area contributed by atoms with Gasteiger partial charge in [-0.25, -0.2) is 13.2 Å². The van der Waals surface area contributed by atoms with Crippen molar-refractivity contribution in [1.29, 1.82) is 0 Å². The minimum atomic E-state index is -4.02. The van der Waals surface area contributed by atoms with Gasteiger partial charge in [0.1, 0.15) is 6.54 Å². The van der Waals surface area contributed by atoms with Crippen LogP contribution in [0.5, 0.6) is 0 Å². The molecule has 3 rings (SSSR count). The second kappa shape index (κ2) is 12.8. The lowest BCUT2D eigenvalue weighted by atomic mass is 10.0. The van der Waals surface area contributed by atoms with Crippen LogP contribution in [-0.4, -0.2) is 58.5 Å². The van der Waals surface area contributed by atoms with Crippen LogP contribution in [-0.2, 0) is 27.8 Å². The fourth-order valence-electron chi connectivity index (χ4n) is 3.96. The number of rotatable bonds is 12. The lowest BCUT2D eigenvalue weighted by molar-refractivity contribution is -0.123. The molecule has 0 unspecified atom stereocenters.